The lowest BCUT2D eigenvalue weighted by Gasteiger charge is -2.39. The van der Waals surface area contributed by atoms with Gasteiger partial charge in [0.1, 0.15) is 12.4 Å². The van der Waals surface area contributed by atoms with Crippen LogP contribution >= 0.6 is 0 Å². The van der Waals surface area contributed by atoms with Gasteiger partial charge in [0, 0.05) is 24.8 Å². The summed E-state index contributed by atoms with van der Waals surface area (Å²) in [6.45, 7) is 13.8. The first-order chi connectivity index (χ1) is 22.1. The molecule has 0 bridgehead atoms. The maximum atomic E-state index is 11.5. The van der Waals surface area contributed by atoms with Crippen LogP contribution in [0.5, 0.6) is 5.75 Å². The molecule has 0 unspecified atom stereocenters. The monoisotopic (exact) mass is 638 g/mol. The Morgan fingerprint density at radius 2 is 1.50 bits per heavy atom. The van der Waals surface area contributed by atoms with Crippen LogP contribution in [0.3, 0.4) is 0 Å². The van der Waals surface area contributed by atoms with Crippen molar-refractivity contribution in [1.29, 1.82) is 0 Å². The van der Waals surface area contributed by atoms with E-state index in [0.29, 0.717) is 37.5 Å². The molecule has 0 spiro atoms. The zero-order valence-corrected chi connectivity index (χ0v) is 28.9. The van der Waals surface area contributed by atoms with Crippen molar-refractivity contribution in [3.63, 3.8) is 0 Å². The maximum absolute atomic E-state index is 11.5. The minimum Gasteiger partial charge on any atom is -0.487 e. The number of hydrogen-bond donors (Lipinski definition) is 4. The molecule has 244 valence electrons. The highest BCUT2D eigenvalue weighted by atomic mass is 28.4. The predicted molar refractivity (Wildman–Crippen MR) is 193 cm³/mol. The summed E-state index contributed by atoms with van der Waals surface area (Å²) in [5, 5.41) is 9.97. The van der Waals surface area contributed by atoms with E-state index >= 15 is 0 Å². The van der Waals surface area contributed by atoms with Crippen LogP contribution in [-0.2, 0) is 22.2 Å². The van der Waals surface area contributed by atoms with Gasteiger partial charge in [0.05, 0.1) is 11.8 Å². The van der Waals surface area contributed by atoms with E-state index in [1.54, 1.807) is 0 Å². The molecule has 0 radical (unpaired) electrons. The molecule has 0 fully saturated rings. The molecule has 46 heavy (non-hydrogen) atoms. The fourth-order valence-electron chi connectivity index (χ4n) is 4.85. The smallest absolute Gasteiger partial charge is 0.211 e. The number of carbonyl (C=O) groups excluding carboxylic acids is 1. The number of carbonyl (C=O) groups is 1. The van der Waals surface area contributed by atoms with Gasteiger partial charge in [-0.15, -0.1) is 0 Å². The number of hydrogen-bond acceptors (Lipinski definition) is 6. The van der Waals surface area contributed by atoms with Crippen LogP contribution in [0.25, 0.3) is 0 Å². The Morgan fingerprint density at radius 3 is 2.15 bits per heavy atom. The number of nitrogens with one attached hydrogen (secondary N) is 3. The summed E-state index contributed by atoms with van der Waals surface area (Å²) < 4.78 is 13.0. The third kappa shape index (κ3) is 10.3. The van der Waals surface area contributed by atoms with Crippen LogP contribution in [0.4, 0.5) is 11.4 Å². The minimum atomic E-state index is -2.10. The summed E-state index contributed by atoms with van der Waals surface area (Å²) in [6.07, 6.45) is 1.40. The Hall–Kier alpha value is -3.95. The summed E-state index contributed by atoms with van der Waals surface area (Å²) >= 11 is 0. The molecule has 4 rings (SSSR count). The van der Waals surface area contributed by atoms with Crippen LogP contribution in [0.15, 0.2) is 103 Å². The second-order valence-corrected chi connectivity index (χ2v) is 18.0. The van der Waals surface area contributed by atoms with Crippen molar-refractivity contribution >= 4 is 26.1 Å². The van der Waals surface area contributed by atoms with Gasteiger partial charge in [0.2, 0.25) is 6.41 Å². The molecule has 0 saturated carbocycles. The standard InChI is InChI=1S/C38H50N4O3Si/c1-38(2,3)46(4,5)45-37(32-18-21-36(35(24-32)42-28-43)44-27-30-12-8-6-9-13-30)26-40-23-22-29-16-19-33(20-17-29)41-25-34(39)31-14-10-7-11-15-31/h6-21,24,28,34,37,40-41H,22-23,25-27,39H2,1-5H3,(H,42,43)/t34-,37-/m0/s1. The molecule has 2 atom stereocenters. The summed E-state index contributed by atoms with van der Waals surface area (Å²) in [6, 6.07) is 34.6. The Kier molecular flexibility index (Phi) is 12.6. The van der Waals surface area contributed by atoms with Crippen LogP contribution in [0.1, 0.15) is 55.2 Å². The van der Waals surface area contributed by atoms with Crippen LogP contribution < -0.4 is 26.4 Å². The first kappa shape index (κ1) is 34.9. The van der Waals surface area contributed by atoms with Crippen LogP contribution in [-0.4, -0.2) is 34.4 Å². The quantitative estimate of drug-likeness (QED) is 0.0535. The van der Waals surface area contributed by atoms with E-state index in [-0.39, 0.29) is 17.2 Å². The molecular formula is C38H50N4O3Si. The molecule has 5 N–H and O–H groups in total. The van der Waals surface area contributed by atoms with Crippen molar-refractivity contribution in [2.75, 3.05) is 30.3 Å². The summed E-state index contributed by atoms with van der Waals surface area (Å²) in [5.74, 6) is 0.624. The third-order valence-electron chi connectivity index (χ3n) is 8.70. The topological polar surface area (TPSA) is 97.6 Å². The SMILES string of the molecule is CC(C)(C)[Si](C)(C)O[C@@H](CNCCc1ccc(NC[C@H](N)c2ccccc2)cc1)c1ccc(OCc2ccccc2)c(NC=O)c1. The van der Waals surface area contributed by atoms with E-state index in [2.05, 4.69) is 86.2 Å². The fraction of sp³-hybridized carbons (Fsp3) is 0.342. The number of amides is 1. The Morgan fingerprint density at radius 1 is 0.826 bits per heavy atom. The predicted octanol–water partition coefficient (Wildman–Crippen LogP) is 7.84. The summed E-state index contributed by atoms with van der Waals surface area (Å²) in [7, 11) is -2.10. The van der Waals surface area contributed by atoms with Crippen molar-refractivity contribution in [2.45, 2.75) is 64.1 Å². The molecular weight excluding hydrogens is 589 g/mol. The summed E-state index contributed by atoms with van der Waals surface area (Å²) in [4.78, 5) is 11.5. The van der Waals surface area contributed by atoms with Gasteiger partial charge in [-0.1, -0.05) is 99.6 Å². The van der Waals surface area contributed by atoms with E-state index in [0.717, 1.165) is 35.3 Å². The molecule has 1 amide bonds. The van der Waals surface area contributed by atoms with E-state index in [1.165, 1.54) is 5.56 Å². The van der Waals surface area contributed by atoms with Crippen LogP contribution in [0, 0.1) is 0 Å². The molecule has 8 heteroatoms. The number of ether oxygens (including phenoxy) is 1. The van der Waals surface area contributed by atoms with Gasteiger partial charge in [-0.05, 0) is 77.6 Å². The molecule has 4 aromatic rings. The number of rotatable bonds is 17. The molecule has 0 saturated heterocycles. The van der Waals surface area contributed by atoms with Gasteiger partial charge in [-0.2, -0.15) is 0 Å². The van der Waals surface area contributed by atoms with Gasteiger partial charge < -0.3 is 30.8 Å². The fourth-order valence-corrected chi connectivity index (χ4v) is 6.13. The number of nitrogens with two attached hydrogens (primary N) is 1. The Bertz CT molecular complexity index is 1490. The Labute approximate surface area is 276 Å². The summed E-state index contributed by atoms with van der Waals surface area (Å²) in [5.41, 5.74) is 12.5. The maximum Gasteiger partial charge on any atom is 0.211 e. The average Bonchev–Trinajstić information content (AvgIpc) is 3.05. The van der Waals surface area contributed by atoms with E-state index < -0.39 is 8.32 Å². The highest BCUT2D eigenvalue weighted by Crippen LogP contribution is 2.40. The van der Waals surface area contributed by atoms with Gasteiger partial charge >= 0.3 is 0 Å². The van der Waals surface area contributed by atoms with Gasteiger partial charge in [0.25, 0.3) is 0 Å². The van der Waals surface area contributed by atoms with Gasteiger partial charge in [-0.25, -0.2) is 0 Å². The van der Waals surface area contributed by atoms with Crippen LogP contribution in [0.2, 0.25) is 18.1 Å². The molecule has 7 nitrogen and oxygen atoms in total. The molecule has 0 aliphatic heterocycles. The lowest BCUT2D eigenvalue weighted by Crippen LogP contribution is -2.43. The molecule has 0 aromatic heterocycles. The minimum absolute atomic E-state index is 0.0503. The van der Waals surface area contributed by atoms with Crippen molar-refractivity contribution in [1.82, 2.24) is 5.32 Å². The molecule has 4 aromatic carbocycles. The number of benzene rings is 4. The lowest BCUT2D eigenvalue weighted by molar-refractivity contribution is -0.105. The number of anilines is 2. The van der Waals surface area contributed by atoms with Crippen molar-refractivity contribution in [3.8, 4) is 5.75 Å². The first-order valence-electron chi connectivity index (χ1n) is 16.1. The molecule has 0 heterocycles. The highest BCUT2D eigenvalue weighted by molar-refractivity contribution is 6.74. The average molecular weight is 639 g/mol. The first-order valence-corrected chi connectivity index (χ1v) is 19.0. The van der Waals surface area contributed by atoms with E-state index in [1.807, 2.05) is 66.7 Å². The lowest BCUT2D eigenvalue weighted by atomic mass is 10.1. The zero-order valence-electron chi connectivity index (χ0n) is 27.9. The largest absolute Gasteiger partial charge is 0.487 e. The second kappa shape index (κ2) is 16.6. The van der Waals surface area contributed by atoms with E-state index in [9.17, 15) is 4.79 Å². The van der Waals surface area contributed by atoms with Gasteiger partial charge in [0.15, 0.2) is 8.32 Å². The second-order valence-electron chi connectivity index (χ2n) is 13.2. The molecule has 0 aliphatic carbocycles. The van der Waals surface area contributed by atoms with Crippen molar-refractivity contribution in [3.05, 3.63) is 125 Å². The molecule has 0 aliphatic rings. The highest BCUT2D eigenvalue weighted by Gasteiger charge is 2.39. The Balaban J connectivity index is 1.37. The normalized spacial score (nSPS) is 13.1. The zero-order chi connectivity index (χ0) is 33.0. The van der Waals surface area contributed by atoms with Gasteiger partial charge in [-0.3, -0.25) is 4.79 Å². The van der Waals surface area contributed by atoms with E-state index in [4.69, 9.17) is 14.9 Å². The third-order valence-corrected chi connectivity index (χ3v) is 13.2. The van der Waals surface area contributed by atoms with Crippen molar-refractivity contribution in [2.24, 2.45) is 5.73 Å². The van der Waals surface area contributed by atoms with Crippen molar-refractivity contribution < 1.29 is 14.0 Å².